The van der Waals surface area contributed by atoms with Crippen LogP contribution in [0.1, 0.15) is 12.5 Å². The monoisotopic (exact) mass is 286 g/mol. The third-order valence-corrected chi connectivity index (χ3v) is 2.86. The molecule has 0 aliphatic heterocycles. The summed E-state index contributed by atoms with van der Waals surface area (Å²) in [5.74, 6) is -1.98. The number of halogens is 2. The summed E-state index contributed by atoms with van der Waals surface area (Å²) in [4.78, 5) is 14.4. The summed E-state index contributed by atoms with van der Waals surface area (Å²) >= 11 is 5.66. The van der Waals surface area contributed by atoms with Crippen LogP contribution in [0.3, 0.4) is 0 Å². The minimum absolute atomic E-state index is 0.0413. The highest BCUT2D eigenvalue weighted by molar-refractivity contribution is 6.39. The number of aliphatic hydroxyl groups is 1. The molecule has 5 nitrogen and oxygen atoms in total. The molecule has 0 bridgehead atoms. The van der Waals surface area contributed by atoms with Gasteiger partial charge < -0.3 is 15.4 Å². The fraction of sp³-hybridized carbons (Fsp3) is 0.333. The standard InChI is InChI=1S/C12H12ClFN2O3/c1-2-19-11(17)10(16-15)12(18,7-13)8-3-5-9(14)6-4-8/h3-6,18H,2,7H2,1H3. The van der Waals surface area contributed by atoms with Gasteiger partial charge in [-0.05, 0) is 24.6 Å². The lowest BCUT2D eigenvalue weighted by atomic mass is 9.90. The first-order chi connectivity index (χ1) is 8.99. The molecule has 0 radical (unpaired) electrons. The summed E-state index contributed by atoms with van der Waals surface area (Å²) < 4.78 is 17.5. The second-order valence-corrected chi connectivity index (χ2v) is 3.94. The minimum Gasteiger partial charge on any atom is -0.457 e. The Morgan fingerprint density at radius 1 is 1.53 bits per heavy atom. The molecule has 0 aliphatic rings. The molecule has 1 aromatic rings. The fourth-order valence-corrected chi connectivity index (χ4v) is 1.78. The molecule has 1 N–H and O–H groups in total. The van der Waals surface area contributed by atoms with E-state index in [4.69, 9.17) is 17.1 Å². The van der Waals surface area contributed by atoms with Crippen molar-refractivity contribution in [3.05, 3.63) is 41.2 Å². The van der Waals surface area contributed by atoms with Crippen LogP contribution in [0, 0.1) is 5.82 Å². The van der Waals surface area contributed by atoms with Crippen molar-refractivity contribution in [1.82, 2.24) is 0 Å². The quantitative estimate of drug-likeness (QED) is 0.293. The van der Waals surface area contributed by atoms with E-state index in [1.165, 1.54) is 12.1 Å². The summed E-state index contributed by atoms with van der Waals surface area (Å²) in [6.07, 6.45) is 0. The SMILES string of the molecule is CCOC(=O)C(=[N+]=[N-])C(O)(CCl)c1ccc(F)cc1. The van der Waals surface area contributed by atoms with Crippen LogP contribution in [0.2, 0.25) is 0 Å². The average molecular weight is 287 g/mol. The summed E-state index contributed by atoms with van der Waals surface area (Å²) in [5, 5.41) is 10.4. The first-order valence-electron chi connectivity index (χ1n) is 5.43. The van der Waals surface area contributed by atoms with E-state index < -0.39 is 29.0 Å². The van der Waals surface area contributed by atoms with Crippen molar-refractivity contribution < 1.29 is 23.8 Å². The molecule has 102 valence electrons. The summed E-state index contributed by atoms with van der Waals surface area (Å²) in [7, 11) is 0. The number of hydrogen-bond acceptors (Lipinski definition) is 3. The zero-order chi connectivity index (χ0) is 14.5. The first-order valence-corrected chi connectivity index (χ1v) is 5.97. The Morgan fingerprint density at radius 3 is 2.53 bits per heavy atom. The van der Waals surface area contributed by atoms with E-state index in [-0.39, 0.29) is 12.2 Å². The predicted molar refractivity (Wildman–Crippen MR) is 66.3 cm³/mol. The van der Waals surface area contributed by atoms with Gasteiger partial charge in [0.15, 0.2) is 0 Å². The van der Waals surface area contributed by atoms with Gasteiger partial charge in [-0.25, -0.2) is 9.18 Å². The molecule has 0 amide bonds. The van der Waals surface area contributed by atoms with E-state index in [0.29, 0.717) is 0 Å². The zero-order valence-electron chi connectivity index (χ0n) is 10.1. The van der Waals surface area contributed by atoms with Crippen molar-refractivity contribution in [2.24, 2.45) is 0 Å². The van der Waals surface area contributed by atoms with Gasteiger partial charge in [-0.15, -0.1) is 11.6 Å². The highest BCUT2D eigenvalue weighted by atomic mass is 35.5. The molecule has 0 saturated heterocycles. The number of alkyl halides is 1. The summed E-state index contributed by atoms with van der Waals surface area (Å²) in [6, 6.07) is 4.66. The summed E-state index contributed by atoms with van der Waals surface area (Å²) in [5.41, 5.74) is 6.30. The van der Waals surface area contributed by atoms with E-state index in [2.05, 4.69) is 9.53 Å². The molecule has 0 aliphatic carbocycles. The lowest BCUT2D eigenvalue weighted by Gasteiger charge is -2.20. The van der Waals surface area contributed by atoms with Gasteiger partial charge in [0.2, 0.25) is 5.60 Å². The Morgan fingerprint density at radius 2 is 2.11 bits per heavy atom. The lowest BCUT2D eigenvalue weighted by Crippen LogP contribution is -2.44. The van der Waals surface area contributed by atoms with E-state index in [0.717, 1.165) is 12.1 Å². The van der Waals surface area contributed by atoms with Gasteiger partial charge >= 0.3 is 11.7 Å². The molecule has 19 heavy (non-hydrogen) atoms. The molecule has 0 fully saturated rings. The van der Waals surface area contributed by atoms with Crippen molar-refractivity contribution in [2.45, 2.75) is 12.5 Å². The van der Waals surface area contributed by atoms with Gasteiger partial charge in [0.05, 0.1) is 12.5 Å². The lowest BCUT2D eigenvalue weighted by molar-refractivity contribution is -0.143. The van der Waals surface area contributed by atoms with E-state index in [9.17, 15) is 14.3 Å². The molecule has 0 aromatic heterocycles. The molecule has 7 heteroatoms. The third kappa shape index (κ3) is 3.17. The average Bonchev–Trinajstić information content (AvgIpc) is 2.40. The molecule has 0 spiro atoms. The Balaban J connectivity index is 3.25. The topological polar surface area (TPSA) is 82.9 Å². The second-order valence-electron chi connectivity index (χ2n) is 3.67. The zero-order valence-corrected chi connectivity index (χ0v) is 10.9. The van der Waals surface area contributed by atoms with Crippen molar-refractivity contribution in [3.63, 3.8) is 0 Å². The smallest absolute Gasteiger partial charge is 0.420 e. The van der Waals surface area contributed by atoms with Gasteiger partial charge in [-0.3, -0.25) is 0 Å². The number of carbonyl (C=O) groups is 1. The van der Waals surface area contributed by atoms with Crippen LogP contribution in [0.5, 0.6) is 0 Å². The number of benzene rings is 1. The van der Waals surface area contributed by atoms with Gasteiger partial charge in [-0.2, -0.15) is 4.79 Å². The van der Waals surface area contributed by atoms with Crippen LogP contribution in [0.4, 0.5) is 4.39 Å². The van der Waals surface area contributed by atoms with Crippen LogP contribution in [0.15, 0.2) is 24.3 Å². The van der Waals surface area contributed by atoms with Crippen LogP contribution < -0.4 is 0 Å². The van der Waals surface area contributed by atoms with E-state index >= 15 is 0 Å². The molecule has 1 atom stereocenters. The Labute approximate surface area is 114 Å². The summed E-state index contributed by atoms with van der Waals surface area (Å²) in [6.45, 7) is 1.60. The Kier molecular flexibility index (Phi) is 5.18. The van der Waals surface area contributed by atoms with Gasteiger partial charge in [-0.1, -0.05) is 12.1 Å². The second kappa shape index (κ2) is 6.43. The number of nitrogens with zero attached hydrogens (tertiary/aromatic N) is 2. The van der Waals surface area contributed by atoms with Gasteiger partial charge in [0.1, 0.15) is 5.82 Å². The third-order valence-electron chi connectivity index (χ3n) is 2.48. The Hall–Kier alpha value is -1.75. The fourth-order valence-electron chi connectivity index (χ4n) is 1.49. The maximum Gasteiger partial charge on any atom is 0.420 e. The molecule has 0 saturated carbocycles. The maximum absolute atomic E-state index is 12.9. The number of ether oxygens (including phenoxy) is 1. The number of esters is 1. The number of carbonyl (C=O) groups excluding carboxylic acids is 1. The van der Waals surface area contributed by atoms with Crippen LogP contribution in [-0.2, 0) is 15.1 Å². The maximum atomic E-state index is 12.9. The minimum atomic E-state index is -2.06. The van der Waals surface area contributed by atoms with E-state index in [1.54, 1.807) is 6.92 Å². The number of rotatable bonds is 5. The van der Waals surface area contributed by atoms with Crippen molar-refractivity contribution in [3.8, 4) is 0 Å². The highest BCUT2D eigenvalue weighted by Gasteiger charge is 2.47. The molecular formula is C12H12ClFN2O3. The molecular weight excluding hydrogens is 275 g/mol. The van der Waals surface area contributed by atoms with Crippen molar-refractivity contribution in [1.29, 1.82) is 0 Å². The van der Waals surface area contributed by atoms with Crippen molar-refractivity contribution >= 4 is 23.3 Å². The molecule has 1 aromatic carbocycles. The molecule has 0 heterocycles. The van der Waals surface area contributed by atoms with Crippen LogP contribution >= 0.6 is 11.6 Å². The normalized spacial score (nSPS) is 13.3. The molecule has 1 unspecified atom stereocenters. The van der Waals surface area contributed by atoms with Crippen LogP contribution in [0.25, 0.3) is 5.53 Å². The largest absolute Gasteiger partial charge is 0.457 e. The first kappa shape index (κ1) is 15.3. The Bertz CT molecular complexity index is 514. The van der Waals surface area contributed by atoms with Gasteiger partial charge in [0.25, 0.3) is 0 Å². The van der Waals surface area contributed by atoms with Gasteiger partial charge in [0, 0.05) is 0 Å². The number of hydrogen-bond donors (Lipinski definition) is 1. The highest BCUT2D eigenvalue weighted by Crippen LogP contribution is 2.25. The predicted octanol–water partition coefficient (Wildman–Crippen LogP) is 1.49. The van der Waals surface area contributed by atoms with Crippen molar-refractivity contribution in [2.75, 3.05) is 12.5 Å². The van der Waals surface area contributed by atoms with E-state index in [1.807, 2.05) is 0 Å². The molecule has 1 rings (SSSR count). The van der Waals surface area contributed by atoms with Crippen LogP contribution in [-0.4, -0.2) is 34.1 Å².